The molecule has 1 saturated heterocycles. The summed E-state index contributed by atoms with van der Waals surface area (Å²) in [5.41, 5.74) is 2.11. The maximum atomic E-state index is 12.5. The lowest BCUT2D eigenvalue weighted by Crippen LogP contribution is -2.37. The molecule has 5 heteroatoms. The molecular formula is C14H18N2O3. The second-order valence-corrected chi connectivity index (χ2v) is 5.26. The van der Waals surface area contributed by atoms with Crippen LogP contribution in [0.2, 0.25) is 0 Å². The van der Waals surface area contributed by atoms with E-state index < -0.39 is 0 Å². The van der Waals surface area contributed by atoms with Gasteiger partial charge in [0.25, 0.3) is 5.91 Å². The van der Waals surface area contributed by atoms with E-state index in [1.54, 1.807) is 19.3 Å². The number of carbonyl (C=O) groups excluding carboxylic acids is 1. The molecule has 2 atom stereocenters. The molecule has 0 bridgehead atoms. The largest absolute Gasteiger partial charge is 0.463 e. The summed E-state index contributed by atoms with van der Waals surface area (Å²) in [6.45, 7) is 2.53. The number of amides is 1. The van der Waals surface area contributed by atoms with E-state index in [0.29, 0.717) is 17.7 Å². The third-order valence-electron chi connectivity index (χ3n) is 3.72. The molecule has 1 aliphatic heterocycles. The molecule has 102 valence electrons. The Hall–Kier alpha value is -1.75. The van der Waals surface area contributed by atoms with E-state index in [9.17, 15) is 9.90 Å². The molecule has 0 radical (unpaired) electrons. The number of aliphatic hydroxyl groups is 1. The van der Waals surface area contributed by atoms with Gasteiger partial charge in [-0.05, 0) is 26.2 Å². The van der Waals surface area contributed by atoms with Gasteiger partial charge in [0.15, 0.2) is 5.58 Å². The summed E-state index contributed by atoms with van der Waals surface area (Å²) in [6.07, 6.45) is 3.83. The molecule has 2 unspecified atom stereocenters. The van der Waals surface area contributed by atoms with Gasteiger partial charge in [0.1, 0.15) is 5.69 Å². The van der Waals surface area contributed by atoms with Crippen LogP contribution in [0.3, 0.4) is 0 Å². The number of hydrogen-bond acceptors (Lipinski definition) is 3. The van der Waals surface area contributed by atoms with E-state index in [4.69, 9.17) is 4.42 Å². The van der Waals surface area contributed by atoms with E-state index in [0.717, 1.165) is 24.9 Å². The number of likely N-dealkylation sites (tertiary alicyclic amines) is 1. The first-order chi connectivity index (χ1) is 9.15. The first kappa shape index (κ1) is 12.3. The molecule has 0 aromatic carbocycles. The summed E-state index contributed by atoms with van der Waals surface area (Å²) in [7, 11) is 0. The monoisotopic (exact) mass is 262 g/mol. The van der Waals surface area contributed by atoms with Crippen LogP contribution in [0, 0.1) is 0 Å². The smallest absolute Gasteiger partial charge is 0.270 e. The highest BCUT2D eigenvalue weighted by molar-refractivity contribution is 5.97. The minimum Gasteiger partial charge on any atom is -0.463 e. The Morgan fingerprint density at radius 3 is 3.26 bits per heavy atom. The van der Waals surface area contributed by atoms with Crippen molar-refractivity contribution >= 4 is 17.0 Å². The van der Waals surface area contributed by atoms with E-state index in [1.807, 2.05) is 11.0 Å². The van der Waals surface area contributed by atoms with Crippen molar-refractivity contribution in [3.05, 3.63) is 24.1 Å². The van der Waals surface area contributed by atoms with Crippen LogP contribution in [0.15, 0.2) is 22.8 Å². The van der Waals surface area contributed by atoms with Crippen molar-refractivity contribution in [2.75, 3.05) is 6.54 Å². The average molecular weight is 262 g/mol. The topological polar surface area (TPSA) is 69.5 Å². The highest BCUT2D eigenvalue weighted by Gasteiger charge is 2.31. The Balaban J connectivity index is 1.80. The SMILES string of the molecule is CC(O)CC1CCCN1C(=O)c1cc2occc2[nH]1. The summed E-state index contributed by atoms with van der Waals surface area (Å²) >= 11 is 0. The average Bonchev–Trinajstić information content (AvgIpc) is 2.99. The Morgan fingerprint density at radius 1 is 1.68 bits per heavy atom. The standard InChI is InChI=1S/C14H18N2O3/c1-9(17)7-10-3-2-5-16(10)14(18)12-8-13-11(15-12)4-6-19-13/h4,6,8-10,15,17H,2-3,5,7H2,1H3. The predicted molar refractivity (Wildman–Crippen MR) is 70.9 cm³/mol. The summed E-state index contributed by atoms with van der Waals surface area (Å²) in [5, 5.41) is 9.50. The Morgan fingerprint density at radius 2 is 2.53 bits per heavy atom. The van der Waals surface area contributed by atoms with E-state index >= 15 is 0 Å². The first-order valence-corrected chi connectivity index (χ1v) is 6.70. The van der Waals surface area contributed by atoms with Gasteiger partial charge >= 0.3 is 0 Å². The van der Waals surface area contributed by atoms with E-state index in [-0.39, 0.29) is 18.1 Å². The van der Waals surface area contributed by atoms with Crippen LogP contribution in [0.1, 0.15) is 36.7 Å². The molecule has 2 aromatic rings. The maximum absolute atomic E-state index is 12.5. The molecule has 2 N–H and O–H groups in total. The number of fused-ring (bicyclic) bond motifs is 1. The van der Waals surface area contributed by atoms with Gasteiger partial charge in [-0.2, -0.15) is 0 Å². The quantitative estimate of drug-likeness (QED) is 0.890. The molecule has 3 rings (SSSR count). The number of rotatable bonds is 3. The lowest BCUT2D eigenvalue weighted by molar-refractivity contribution is 0.0677. The van der Waals surface area contributed by atoms with Gasteiger partial charge in [-0.15, -0.1) is 0 Å². The molecule has 19 heavy (non-hydrogen) atoms. The van der Waals surface area contributed by atoms with Gasteiger partial charge < -0.3 is 19.4 Å². The Labute approximate surface area is 111 Å². The molecule has 3 heterocycles. The summed E-state index contributed by atoms with van der Waals surface area (Å²) in [5.74, 6) is -0.00505. The second kappa shape index (κ2) is 4.74. The highest BCUT2D eigenvalue weighted by Crippen LogP contribution is 2.25. The van der Waals surface area contributed by atoms with Crippen molar-refractivity contribution in [2.24, 2.45) is 0 Å². The predicted octanol–water partition coefficient (Wildman–Crippen LogP) is 2.14. The number of carbonyl (C=O) groups is 1. The highest BCUT2D eigenvalue weighted by atomic mass is 16.3. The molecule has 0 spiro atoms. The van der Waals surface area contributed by atoms with Crippen molar-refractivity contribution in [3.63, 3.8) is 0 Å². The van der Waals surface area contributed by atoms with Crippen molar-refractivity contribution < 1.29 is 14.3 Å². The van der Waals surface area contributed by atoms with Crippen LogP contribution < -0.4 is 0 Å². The fourth-order valence-electron chi connectivity index (χ4n) is 2.86. The van der Waals surface area contributed by atoms with E-state index in [1.165, 1.54) is 0 Å². The molecular weight excluding hydrogens is 244 g/mol. The van der Waals surface area contributed by atoms with Gasteiger partial charge in [-0.25, -0.2) is 0 Å². The maximum Gasteiger partial charge on any atom is 0.270 e. The summed E-state index contributed by atoms with van der Waals surface area (Å²) in [4.78, 5) is 17.4. The zero-order valence-corrected chi connectivity index (χ0v) is 10.9. The minimum atomic E-state index is -0.377. The molecule has 1 amide bonds. The lowest BCUT2D eigenvalue weighted by Gasteiger charge is -2.25. The number of H-pyrrole nitrogens is 1. The molecule has 1 aliphatic rings. The number of aromatic amines is 1. The summed E-state index contributed by atoms with van der Waals surface area (Å²) < 4.78 is 5.26. The number of nitrogens with one attached hydrogen (secondary N) is 1. The van der Waals surface area contributed by atoms with Gasteiger partial charge in [-0.3, -0.25) is 4.79 Å². The number of hydrogen-bond donors (Lipinski definition) is 2. The van der Waals surface area contributed by atoms with Gasteiger partial charge in [-0.1, -0.05) is 0 Å². The third kappa shape index (κ3) is 2.26. The minimum absolute atomic E-state index is 0.00505. The second-order valence-electron chi connectivity index (χ2n) is 5.26. The number of aliphatic hydroxyl groups excluding tert-OH is 1. The van der Waals surface area contributed by atoms with Gasteiger partial charge in [0.05, 0.1) is 17.9 Å². The first-order valence-electron chi connectivity index (χ1n) is 6.70. The van der Waals surface area contributed by atoms with Crippen molar-refractivity contribution in [1.82, 2.24) is 9.88 Å². The number of furan rings is 1. The normalized spacial score (nSPS) is 21.2. The Kier molecular flexibility index (Phi) is 3.06. The zero-order valence-electron chi connectivity index (χ0n) is 10.9. The molecule has 5 nitrogen and oxygen atoms in total. The van der Waals surface area contributed by atoms with Crippen LogP contribution >= 0.6 is 0 Å². The van der Waals surface area contributed by atoms with Crippen LogP contribution in [0.25, 0.3) is 11.1 Å². The molecule has 2 aromatic heterocycles. The zero-order chi connectivity index (χ0) is 13.4. The summed E-state index contributed by atoms with van der Waals surface area (Å²) in [6, 6.07) is 3.70. The molecule has 1 fully saturated rings. The van der Waals surface area contributed by atoms with E-state index in [2.05, 4.69) is 4.98 Å². The number of aromatic nitrogens is 1. The lowest BCUT2D eigenvalue weighted by atomic mass is 10.1. The third-order valence-corrected chi connectivity index (χ3v) is 3.72. The molecule has 0 aliphatic carbocycles. The molecule has 0 saturated carbocycles. The van der Waals surface area contributed by atoms with Crippen LogP contribution in [-0.4, -0.2) is 39.6 Å². The van der Waals surface area contributed by atoms with Crippen LogP contribution in [0.5, 0.6) is 0 Å². The van der Waals surface area contributed by atoms with Gasteiger partial charge in [0, 0.05) is 24.7 Å². The van der Waals surface area contributed by atoms with Crippen LogP contribution in [-0.2, 0) is 0 Å². The van der Waals surface area contributed by atoms with Crippen molar-refractivity contribution in [3.8, 4) is 0 Å². The van der Waals surface area contributed by atoms with Crippen molar-refractivity contribution in [2.45, 2.75) is 38.3 Å². The fourth-order valence-corrected chi connectivity index (χ4v) is 2.86. The Bertz CT molecular complexity index is 556. The number of nitrogens with zero attached hydrogens (tertiary/aromatic N) is 1. The van der Waals surface area contributed by atoms with Gasteiger partial charge in [0.2, 0.25) is 0 Å². The van der Waals surface area contributed by atoms with Crippen molar-refractivity contribution in [1.29, 1.82) is 0 Å². The fraction of sp³-hybridized carbons (Fsp3) is 0.500. The van der Waals surface area contributed by atoms with Crippen LogP contribution in [0.4, 0.5) is 0 Å².